The zero-order chi connectivity index (χ0) is 17.5. The lowest BCUT2D eigenvalue weighted by atomic mass is 10.0. The molecule has 0 aromatic heterocycles. The first kappa shape index (κ1) is 20.4. The maximum atomic E-state index is 12.2. The van der Waals surface area contributed by atoms with E-state index in [4.69, 9.17) is 0 Å². The molecule has 1 aliphatic rings. The standard InChI is InChI=1S/C16H33N3O3S/c1-16(2,18(3)4)14-17-15(20)10-6-9-13-23(21,22)19-11-7-5-8-12-19/h5-14H2,1-4H3,(H,17,20). The van der Waals surface area contributed by atoms with E-state index in [-0.39, 0.29) is 17.2 Å². The first-order valence-electron chi connectivity index (χ1n) is 8.57. The van der Waals surface area contributed by atoms with Gasteiger partial charge >= 0.3 is 0 Å². The van der Waals surface area contributed by atoms with Crippen LogP contribution in [0.5, 0.6) is 0 Å². The minimum atomic E-state index is -3.13. The van der Waals surface area contributed by atoms with E-state index in [2.05, 4.69) is 24.1 Å². The summed E-state index contributed by atoms with van der Waals surface area (Å²) in [4.78, 5) is 13.9. The summed E-state index contributed by atoms with van der Waals surface area (Å²) < 4.78 is 26.0. The number of nitrogens with one attached hydrogen (secondary N) is 1. The zero-order valence-electron chi connectivity index (χ0n) is 15.1. The molecule has 0 unspecified atom stereocenters. The van der Waals surface area contributed by atoms with Crippen LogP contribution in [-0.2, 0) is 14.8 Å². The number of sulfonamides is 1. The molecule has 0 aromatic rings. The van der Waals surface area contributed by atoms with Gasteiger partial charge in [-0.25, -0.2) is 12.7 Å². The summed E-state index contributed by atoms with van der Waals surface area (Å²) in [7, 11) is 0.834. The Bertz CT molecular complexity index is 469. The fourth-order valence-electron chi connectivity index (χ4n) is 2.40. The molecule has 1 N–H and O–H groups in total. The molecule has 1 heterocycles. The van der Waals surface area contributed by atoms with Crippen molar-refractivity contribution in [3.8, 4) is 0 Å². The summed E-state index contributed by atoms with van der Waals surface area (Å²) in [5.74, 6) is 0.152. The number of likely N-dealkylation sites (N-methyl/N-ethyl adjacent to an activating group) is 1. The molecule has 1 aliphatic heterocycles. The summed E-state index contributed by atoms with van der Waals surface area (Å²) in [6, 6.07) is 0. The number of carbonyl (C=O) groups excluding carboxylic acids is 1. The molecule has 1 saturated heterocycles. The van der Waals surface area contributed by atoms with E-state index in [0.29, 0.717) is 38.9 Å². The van der Waals surface area contributed by atoms with Gasteiger partial charge in [-0.1, -0.05) is 6.42 Å². The van der Waals surface area contributed by atoms with Crippen molar-refractivity contribution in [2.24, 2.45) is 0 Å². The van der Waals surface area contributed by atoms with Gasteiger partial charge in [0.25, 0.3) is 0 Å². The van der Waals surface area contributed by atoms with Crippen LogP contribution in [0.25, 0.3) is 0 Å². The summed E-state index contributed by atoms with van der Waals surface area (Å²) in [5, 5.41) is 2.92. The van der Waals surface area contributed by atoms with Gasteiger partial charge in [0.05, 0.1) is 5.75 Å². The molecule has 0 atom stereocenters. The van der Waals surface area contributed by atoms with E-state index in [1.165, 1.54) is 0 Å². The fourth-order valence-corrected chi connectivity index (χ4v) is 4.05. The van der Waals surface area contributed by atoms with Gasteiger partial charge < -0.3 is 10.2 Å². The lowest BCUT2D eigenvalue weighted by molar-refractivity contribution is -0.121. The predicted octanol–water partition coefficient (Wildman–Crippen LogP) is 1.43. The van der Waals surface area contributed by atoms with Crippen LogP contribution in [-0.4, -0.2) is 68.6 Å². The molecule has 136 valence electrons. The molecule has 0 aromatic carbocycles. The van der Waals surface area contributed by atoms with Gasteiger partial charge in [0, 0.05) is 31.6 Å². The Morgan fingerprint density at radius 3 is 2.30 bits per heavy atom. The topological polar surface area (TPSA) is 69.7 Å². The van der Waals surface area contributed by atoms with Crippen molar-refractivity contribution in [2.75, 3.05) is 39.5 Å². The Kier molecular flexibility index (Phi) is 7.97. The number of carbonyl (C=O) groups is 1. The number of hydrogen-bond donors (Lipinski definition) is 1. The molecule has 6 nitrogen and oxygen atoms in total. The van der Waals surface area contributed by atoms with Crippen molar-refractivity contribution < 1.29 is 13.2 Å². The third-order valence-electron chi connectivity index (χ3n) is 4.69. The number of unbranched alkanes of at least 4 members (excludes halogenated alkanes) is 1. The van der Waals surface area contributed by atoms with Crippen molar-refractivity contribution in [3.05, 3.63) is 0 Å². The Labute approximate surface area is 141 Å². The highest BCUT2D eigenvalue weighted by Gasteiger charge is 2.23. The van der Waals surface area contributed by atoms with Gasteiger partial charge in [-0.05, 0) is 53.6 Å². The first-order chi connectivity index (χ1) is 10.6. The monoisotopic (exact) mass is 347 g/mol. The maximum Gasteiger partial charge on any atom is 0.220 e. The van der Waals surface area contributed by atoms with E-state index in [1.807, 2.05) is 14.1 Å². The van der Waals surface area contributed by atoms with Crippen LogP contribution in [0.3, 0.4) is 0 Å². The quantitative estimate of drug-likeness (QED) is 0.641. The number of rotatable bonds is 9. The van der Waals surface area contributed by atoms with Crippen molar-refractivity contribution in [1.29, 1.82) is 0 Å². The first-order valence-corrected chi connectivity index (χ1v) is 10.2. The van der Waals surface area contributed by atoms with Crippen LogP contribution in [0.2, 0.25) is 0 Å². The van der Waals surface area contributed by atoms with Crippen LogP contribution in [0.1, 0.15) is 52.4 Å². The maximum absolute atomic E-state index is 12.2. The fraction of sp³-hybridized carbons (Fsp3) is 0.938. The van der Waals surface area contributed by atoms with Crippen molar-refractivity contribution in [1.82, 2.24) is 14.5 Å². The Morgan fingerprint density at radius 2 is 1.74 bits per heavy atom. The van der Waals surface area contributed by atoms with Crippen LogP contribution < -0.4 is 5.32 Å². The lowest BCUT2D eigenvalue weighted by Gasteiger charge is -2.32. The van der Waals surface area contributed by atoms with Crippen LogP contribution in [0.4, 0.5) is 0 Å². The van der Waals surface area contributed by atoms with E-state index in [1.54, 1.807) is 4.31 Å². The number of nitrogens with zero attached hydrogens (tertiary/aromatic N) is 2. The van der Waals surface area contributed by atoms with E-state index >= 15 is 0 Å². The summed E-state index contributed by atoms with van der Waals surface area (Å²) >= 11 is 0. The largest absolute Gasteiger partial charge is 0.354 e. The van der Waals surface area contributed by atoms with Crippen molar-refractivity contribution in [2.45, 2.75) is 57.9 Å². The second-order valence-corrected chi connectivity index (χ2v) is 9.30. The average Bonchev–Trinajstić information content (AvgIpc) is 2.50. The minimum Gasteiger partial charge on any atom is -0.354 e. The summed E-state index contributed by atoms with van der Waals surface area (Å²) in [5.41, 5.74) is -0.0900. The molecule has 1 amide bonds. The summed E-state index contributed by atoms with van der Waals surface area (Å²) in [6.45, 7) is 6.03. The van der Waals surface area contributed by atoms with E-state index < -0.39 is 10.0 Å². The van der Waals surface area contributed by atoms with E-state index in [0.717, 1.165) is 19.3 Å². The van der Waals surface area contributed by atoms with Gasteiger partial charge in [-0.3, -0.25) is 4.79 Å². The number of piperidine rings is 1. The molecule has 0 aliphatic carbocycles. The molecule has 1 fully saturated rings. The van der Waals surface area contributed by atoms with Gasteiger partial charge in [-0.15, -0.1) is 0 Å². The normalized spacial score (nSPS) is 17.4. The highest BCUT2D eigenvalue weighted by Crippen LogP contribution is 2.15. The van der Waals surface area contributed by atoms with Gasteiger partial charge in [0.15, 0.2) is 0 Å². The van der Waals surface area contributed by atoms with E-state index in [9.17, 15) is 13.2 Å². The highest BCUT2D eigenvalue weighted by atomic mass is 32.2. The minimum absolute atomic E-state index is 0.00436. The Balaban J connectivity index is 2.22. The lowest BCUT2D eigenvalue weighted by Crippen LogP contribution is -2.48. The molecule has 1 rings (SSSR count). The van der Waals surface area contributed by atoms with Crippen molar-refractivity contribution >= 4 is 15.9 Å². The third kappa shape index (κ3) is 7.18. The highest BCUT2D eigenvalue weighted by molar-refractivity contribution is 7.89. The Morgan fingerprint density at radius 1 is 1.13 bits per heavy atom. The second kappa shape index (κ2) is 8.99. The zero-order valence-corrected chi connectivity index (χ0v) is 15.9. The SMILES string of the molecule is CN(C)C(C)(C)CNC(=O)CCCCS(=O)(=O)N1CCCCC1. The predicted molar refractivity (Wildman–Crippen MR) is 93.8 cm³/mol. The number of amides is 1. The molecule has 0 bridgehead atoms. The molecule has 0 saturated carbocycles. The molecule has 23 heavy (non-hydrogen) atoms. The van der Waals surface area contributed by atoms with Gasteiger partial charge in [0.1, 0.15) is 0 Å². The van der Waals surface area contributed by atoms with Crippen LogP contribution in [0.15, 0.2) is 0 Å². The third-order valence-corrected chi connectivity index (χ3v) is 6.65. The van der Waals surface area contributed by atoms with Crippen LogP contribution >= 0.6 is 0 Å². The van der Waals surface area contributed by atoms with Gasteiger partial charge in [0.2, 0.25) is 15.9 Å². The van der Waals surface area contributed by atoms with Crippen molar-refractivity contribution in [3.63, 3.8) is 0 Å². The molecule has 0 radical (unpaired) electrons. The smallest absolute Gasteiger partial charge is 0.220 e. The van der Waals surface area contributed by atoms with Crippen LogP contribution in [0, 0.1) is 0 Å². The second-order valence-electron chi connectivity index (χ2n) is 7.22. The molecule has 7 heteroatoms. The molecular formula is C16H33N3O3S. The Hall–Kier alpha value is -0.660. The molecular weight excluding hydrogens is 314 g/mol. The summed E-state index contributed by atoms with van der Waals surface area (Å²) in [6.07, 6.45) is 4.59. The average molecular weight is 348 g/mol. The number of hydrogen-bond acceptors (Lipinski definition) is 4. The molecule has 0 spiro atoms. The van der Waals surface area contributed by atoms with Gasteiger partial charge in [-0.2, -0.15) is 0 Å².